The van der Waals surface area contributed by atoms with Crippen molar-refractivity contribution >= 4 is 0 Å². The molecule has 0 aliphatic carbocycles. The van der Waals surface area contributed by atoms with Crippen LogP contribution in [-0.4, -0.2) is 0 Å². The van der Waals surface area contributed by atoms with E-state index in [1.807, 2.05) is 64.1 Å². The van der Waals surface area contributed by atoms with E-state index in [1.165, 1.54) is 0 Å². The van der Waals surface area contributed by atoms with Crippen molar-refractivity contribution in [1.82, 2.24) is 0 Å². The zero-order chi connectivity index (χ0) is 8.24. The van der Waals surface area contributed by atoms with Gasteiger partial charge in [-0.1, -0.05) is 64.1 Å². The predicted molar refractivity (Wildman–Crippen MR) is 55.6 cm³/mol. The first-order valence-corrected chi connectivity index (χ1v) is 4.00. The summed E-state index contributed by atoms with van der Waals surface area (Å²) in [6.07, 6.45) is 0. The third-order valence-corrected chi connectivity index (χ3v) is 0.667. The number of benzene rings is 1. The molecule has 75 valence electrons. The predicted octanol–water partition coefficient (Wildman–Crippen LogP) is 4.18. The van der Waals surface area contributed by atoms with Crippen molar-refractivity contribution in [3.05, 3.63) is 43.8 Å². The molecule has 0 aliphatic heterocycles. The van der Waals surface area contributed by atoms with Crippen molar-refractivity contribution in [2.24, 2.45) is 0 Å². The zero-order valence-electron chi connectivity index (χ0n) is 10.2. The minimum atomic E-state index is 0. The van der Waals surface area contributed by atoms with Crippen LogP contribution in [0.4, 0.5) is 0 Å². The van der Waals surface area contributed by atoms with Crippen LogP contribution in [0, 0.1) is 7.43 Å². The maximum atomic E-state index is 2.00. The van der Waals surface area contributed by atoms with Crippen LogP contribution >= 0.6 is 0 Å². The standard InChI is InChI=1S/C6H6.2C2H6.CH3.3Y/c1-2-4-6-5-3-1;2*1-2;;;;/h1-6H;2*1-2H3;1H3;;;/q;;;-1;;;. The Hall–Kier alpha value is 2.53. The molecule has 0 aromatic heterocycles. The first kappa shape index (κ1) is 36.0. The molecule has 1 rings (SSSR count). The van der Waals surface area contributed by atoms with Gasteiger partial charge in [-0.25, -0.2) is 0 Å². The molecule has 0 spiro atoms. The van der Waals surface area contributed by atoms with Crippen LogP contribution in [0.5, 0.6) is 0 Å². The largest absolute Gasteiger partial charge is 0.358 e. The first-order chi connectivity index (χ1) is 5.00. The van der Waals surface area contributed by atoms with E-state index in [0.717, 1.165) is 0 Å². The van der Waals surface area contributed by atoms with Gasteiger partial charge in [0.25, 0.3) is 0 Å². The Morgan fingerprint density at radius 1 is 0.429 bits per heavy atom. The molecule has 0 N–H and O–H groups in total. The molecule has 0 heterocycles. The van der Waals surface area contributed by atoms with Crippen LogP contribution < -0.4 is 0 Å². The Labute approximate surface area is 166 Å². The van der Waals surface area contributed by atoms with Crippen molar-refractivity contribution < 1.29 is 98.1 Å². The second kappa shape index (κ2) is 45.1. The van der Waals surface area contributed by atoms with Crippen molar-refractivity contribution in [3.8, 4) is 0 Å². The third kappa shape index (κ3) is 36.6. The van der Waals surface area contributed by atoms with Gasteiger partial charge in [-0.2, -0.15) is 0 Å². The van der Waals surface area contributed by atoms with Gasteiger partial charge in [0.15, 0.2) is 0 Å². The fraction of sp³-hybridized carbons (Fsp3) is 0.364. The van der Waals surface area contributed by atoms with Crippen LogP contribution in [-0.2, 0) is 98.1 Å². The van der Waals surface area contributed by atoms with E-state index in [9.17, 15) is 0 Å². The average molecular weight is 420 g/mol. The van der Waals surface area contributed by atoms with Crippen molar-refractivity contribution in [1.29, 1.82) is 0 Å². The van der Waals surface area contributed by atoms with E-state index < -0.39 is 0 Å². The molecule has 0 amide bonds. The molecule has 3 heteroatoms. The molecule has 0 unspecified atom stereocenters. The molecule has 0 atom stereocenters. The normalized spacial score (nSPS) is 4.29. The van der Waals surface area contributed by atoms with Crippen LogP contribution in [0.2, 0.25) is 0 Å². The fourth-order valence-corrected chi connectivity index (χ4v) is 0.385. The second-order valence-electron chi connectivity index (χ2n) is 1.15. The van der Waals surface area contributed by atoms with Crippen LogP contribution in [0.25, 0.3) is 0 Å². The van der Waals surface area contributed by atoms with Gasteiger partial charge in [0, 0.05) is 98.1 Å². The van der Waals surface area contributed by atoms with E-state index in [-0.39, 0.29) is 106 Å². The van der Waals surface area contributed by atoms with Gasteiger partial charge in [-0.15, -0.1) is 0 Å². The van der Waals surface area contributed by atoms with Gasteiger partial charge >= 0.3 is 0 Å². The molecular formula is C11H21Y3-. The van der Waals surface area contributed by atoms with Crippen molar-refractivity contribution in [3.63, 3.8) is 0 Å². The number of hydrogen-bond acceptors (Lipinski definition) is 0. The molecule has 0 fully saturated rings. The molecule has 1 aromatic carbocycles. The SMILES string of the molecule is CC.CC.[CH3-].[Y].[Y].[Y].c1ccccc1. The minimum Gasteiger partial charge on any atom is -0.358 e. The summed E-state index contributed by atoms with van der Waals surface area (Å²) < 4.78 is 0. The summed E-state index contributed by atoms with van der Waals surface area (Å²) >= 11 is 0. The summed E-state index contributed by atoms with van der Waals surface area (Å²) in [5.41, 5.74) is 0. The molecular weight excluding hydrogens is 399 g/mol. The molecule has 0 nitrogen and oxygen atoms in total. The Bertz CT molecular complexity index is 82.5. The quantitative estimate of drug-likeness (QED) is 0.553. The van der Waals surface area contributed by atoms with Crippen LogP contribution in [0.1, 0.15) is 27.7 Å². The molecule has 0 saturated heterocycles. The number of rotatable bonds is 0. The van der Waals surface area contributed by atoms with E-state index in [4.69, 9.17) is 0 Å². The second-order valence-corrected chi connectivity index (χ2v) is 1.15. The molecule has 0 aliphatic rings. The topological polar surface area (TPSA) is 0 Å². The van der Waals surface area contributed by atoms with Crippen molar-refractivity contribution in [2.45, 2.75) is 27.7 Å². The van der Waals surface area contributed by atoms with Gasteiger partial charge in [-0.3, -0.25) is 0 Å². The van der Waals surface area contributed by atoms with Crippen molar-refractivity contribution in [2.75, 3.05) is 0 Å². The maximum absolute atomic E-state index is 2.00. The third-order valence-electron chi connectivity index (χ3n) is 0.667. The summed E-state index contributed by atoms with van der Waals surface area (Å²) in [6.45, 7) is 8.00. The Morgan fingerprint density at radius 3 is 0.571 bits per heavy atom. The van der Waals surface area contributed by atoms with Crippen LogP contribution in [0.15, 0.2) is 36.4 Å². The summed E-state index contributed by atoms with van der Waals surface area (Å²) in [5, 5.41) is 0. The monoisotopic (exact) mass is 420 g/mol. The van der Waals surface area contributed by atoms with Crippen LogP contribution in [0.3, 0.4) is 0 Å². The molecule has 0 saturated carbocycles. The Balaban J connectivity index is -0.0000000183. The average Bonchev–Trinajstić information content (AvgIpc) is 2.14. The smallest absolute Gasteiger partial charge is 0 e. The summed E-state index contributed by atoms with van der Waals surface area (Å²) in [5.74, 6) is 0. The summed E-state index contributed by atoms with van der Waals surface area (Å²) in [6, 6.07) is 12.0. The maximum Gasteiger partial charge on any atom is 0 e. The molecule has 1 aromatic rings. The van der Waals surface area contributed by atoms with Gasteiger partial charge in [-0.05, 0) is 0 Å². The minimum absolute atomic E-state index is 0. The van der Waals surface area contributed by atoms with E-state index in [1.54, 1.807) is 0 Å². The fourth-order valence-electron chi connectivity index (χ4n) is 0.385. The van der Waals surface area contributed by atoms with Gasteiger partial charge in [0.2, 0.25) is 0 Å². The van der Waals surface area contributed by atoms with Gasteiger partial charge < -0.3 is 7.43 Å². The van der Waals surface area contributed by atoms with E-state index in [2.05, 4.69) is 0 Å². The molecule has 0 bridgehead atoms. The molecule has 3 radical (unpaired) electrons. The molecule has 14 heavy (non-hydrogen) atoms. The Kier molecular flexibility index (Phi) is 116. The summed E-state index contributed by atoms with van der Waals surface area (Å²) in [4.78, 5) is 0. The first-order valence-electron chi connectivity index (χ1n) is 4.00. The zero-order valence-corrected chi connectivity index (χ0v) is 18.7. The van der Waals surface area contributed by atoms with E-state index >= 15 is 0 Å². The summed E-state index contributed by atoms with van der Waals surface area (Å²) in [7, 11) is 0. The van der Waals surface area contributed by atoms with Gasteiger partial charge in [0.1, 0.15) is 0 Å². The van der Waals surface area contributed by atoms with Gasteiger partial charge in [0.05, 0.1) is 0 Å². The number of hydrogen-bond donors (Lipinski definition) is 0. The van der Waals surface area contributed by atoms with E-state index in [0.29, 0.717) is 0 Å². The Morgan fingerprint density at radius 2 is 0.500 bits per heavy atom.